The third-order valence-corrected chi connectivity index (χ3v) is 5.23. The van der Waals surface area contributed by atoms with Crippen LogP contribution < -0.4 is 10.1 Å². The van der Waals surface area contributed by atoms with E-state index in [2.05, 4.69) is 15.5 Å². The molecule has 0 unspecified atom stereocenters. The Morgan fingerprint density at radius 1 is 1.26 bits per heavy atom. The summed E-state index contributed by atoms with van der Waals surface area (Å²) in [6.07, 6.45) is 1.60. The summed E-state index contributed by atoms with van der Waals surface area (Å²) in [6.45, 7) is 1.90. The van der Waals surface area contributed by atoms with Gasteiger partial charge < -0.3 is 10.1 Å². The number of aromatic nitrogens is 3. The second-order valence-electron chi connectivity index (χ2n) is 5.75. The molecule has 3 aromatic rings. The van der Waals surface area contributed by atoms with Gasteiger partial charge in [-0.3, -0.25) is 9.36 Å². The summed E-state index contributed by atoms with van der Waals surface area (Å²) in [4.78, 5) is 12.3. The molecule has 140 valence electrons. The van der Waals surface area contributed by atoms with Crippen LogP contribution in [0, 0.1) is 0 Å². The van der Waals surface area contributed by atoms with E-state index in [-0.39, 0.29) is 17.7 Å². The first kappa shape index (κ1) is 19.3. The van der Waals surface area contributed by atoms with Gasteiger partial charge >= 0.3 is 0 Å². The summed E-state index contributed by atoms with van der Waals surface area (Å²) >= 11 is 7.49. The van der Waals surface area contributed by atoms with E-state index in [1.165, 1.54) is 11.8 Å². The highest BCUT2D eigenvalue weighted by molar-refractivity contribution is 7.99. The van der Waals surface area contributed by atoms with Crippen molar-refractivity contribution < 1.29 is 9.53 Å². The molecule has 27 heavy (non-hydrogen) atoms. The lowest BCUT2D eigenvalue weighted by Gasteiger charge is -2.15. The van der Waals surface area contributed by atoms with Crippen LogP contribution in [0.25, 0.3) is 5.69 Å². The quantitative estimate of drug-likeness (QED) is 0.607. The molecule has 0 radical (unpaired) electrons. The van der Waals surface area contributed by atoms with E-state index in [4.69, 9.17) is 16.3 Å². The SMILES string of the molecule is COc1ccccc1-n1cnnc1SCC(=O)N[C@H](C)c1ccccc1Cl. The van der Waals surface area contributed by atoms with Crippen molar-refractivity contribution in [2.24, 2.45) is 0 Å². The average molecular weight is 403 g/mol. The lowest BCUT2D eigenvalue weighted by atomic mass is 10.1. The van der Waals surface area contributed by atoms with Gasteiger partial charge in [0.05, 0.1) is 24.6 Å². The number of nitrogens with one attached hydrogen (secondary N) is 1. The Labute approximate surface area is 166 Å². The minimum Gasteiger partial charge on any atom is -0.495 e. The zero-order valence-electron chi connectivity index (χ0n) is 14.9. The van der Waals surface area contributed by atoms with Crippen molar-refractivity contribution >= 4 is 29.3 Å². The molecule has 0 spiro atoms. The van der Waals surface area contributed by atoms with Gasteiger partial charge in [-0.25, -0.2) is 0 Å². The predicted octanol–water partition coefficient (Wildman–Crippen LogP) is 3.90. The van der Waals surface area contributed by atoms with Gasteiger partial charge in [0.15, 0.2) is 5.16 Å². The largest absolute Gasteiger partial charge is 0.495 e. The Bertz CT molecular complexity index is 931. The van der Waals surface area contributed by atoms with E-state index in [1.54, 1.807) is 18.0 Å². The molecule has 0 saturated heterocycles. The van der Waals surface area contributed by atoms with E-state index in [9.17, 15) is 4.79 Å². The first-order chi connectivity index (χ1) is 13.1. The molecule has 1 heterocycles. The zero-order valence-corrected chi connectivity index (χ0v) is 16.5. The van der Waals surface area contributed by atoms with Crippen molar-refractivity contribution in [1.82, 2.24) is 20.1 Å². The Kier molecular flexibility index (Phi) is 6.36. The minimum absolute atomic E-state index is 0.109. The maximum atomic E-state index is 12.3. The van der Waals surface area contributed by atoms with Gasteiger partial charge in [-0.1, -0.05) is 53.7 Å². The number of para-hydroxylation sites is 2. The molecule has 2 aromatic carbocycles. The first-order valence-electron chi connectivity index (χ1n) is 8.30. The van der Waals surface area contributed by atoms with Crippen LogP contribution in [-0.4, -0.2) is 33.5 Å². The summed E-state index contributed by atoms with van der Waals surface area (Å²) in [7, 11) is 1.61. The van der Waals surface area contributed by atoms with Gasteiger partial charge in [-0.15, -0.1) is 10.2 Å². The van der Waals surface area contributed by atoms with Gasteiger partial charge in [0.1, 0.15) is 12.1 Å². The molecule has 1 amide bonds. The highest BCUT2D eigenvalue weighted by Crippen LogP contribution is 2.27. The maximum absolute atomic E-state index is 12.3. The number of methoxy groups -OCH3 is 1. The highest BCUT2D eigenvalue weighted by atomic mass is 35.5. The number of benzene rings is 2. The number of rotatable bonds is 7. The number of hydrogen-bond acceptors (Lipinski definition) is 5. The molecule has 1 N–H and O–H groups in total. The topological polar surface area (TPSA) is 69.0 Å². The molecule has 0 bridgehead atoms. The van der Waals surface area contributed by atoms with Crippen LogP contribution >= 0.6 is 23.4 Å². The molecule has 8 heteroatoms. The van der Waals surface area contributed by atoms with Crippen molar-refractivity contribution in [2.75, 3.05) is 12.9 Å². The Hall–Kier alpha value is -2.51. The molecule has 1 aromatic heterocycles. The smallest absolute Gasteiger partial charge is 0.230 e. The minimum atomic E-state index is -0.182. The van der Waals surface area contributed by atoms with E-state index in [0.29, 0.717) is 15.9 Å². The van der Waals surface area contributed by atoms with E-state index < -0.39 is 0 Å². The lowest BCUT2D eigenvalue weighted by Crippen LogP contribution is -2.28. The van der Waals surface area contributed by atoms with Gasteiger partial charge in [0, 0.05) is 5.02 Å². The fraction of sp³-hybridized carbons (Fsp3) is 0.211. The number of hydrogen-bond donors (Lipinski definition) is 1. The molecule has 3 rings (SSSR count). The van der Waals surface area contributed by atoms with E-state index in [1.807, 2.05) is 55.5 Å². The molecule has 0 aliphatic heterocycles. The summed E-state index contributed by atoms with van der Waals surface area (Å²) in [5, 5.41) is 12.3. The van der Waals surface area contributed by atoms with Crippen LogP contribution in [0.1, 0.15) is 18.5 Å². The maximum Gasteiger partial charge on any atom is 0.230 e. The number of carbonyl (C=O) groups is 1. The highest BCUT2D eigenvalue weighted by Gasteiger charge is 2.15. The Balaban J connectivity index is 1.65. The molecule has 0 aliphatic carbocycles. The second-order valence-corrected chi connectivity index (χ2v) is 7.10. The monoisotopic (exact) mass is 402 g/mol. The van der Waals surface area contributed by atoms with E-state index >= 15 is 0 Å². The number of ether oxygens (including phenoxy) is 1. The Morgan fingerprint density at radius 3 is 2.78 bits per heavy atom. The van der Waals surface area contributed by atoms with Crippen molar-refractivity contribution in [3.8, 4) is 11.4 Å². The van der Waals surface area contributed by atoms with Gasteiger partial charge in [-0.2, -0.15) is 0 Å². The fourth-order valence-electron chi connectivity index (χ4n) is 2.63. The number of halogens is 1. The molecular weight excluding hydrogens is 384 g/mol. The summed E-state index contributed by atoms with van der Waals surface area (Å²) in [5.41, 5.74) is 1.70. The second kappa shape index (κ2) is 8.92. The molecule has 0 fully saturated rings. The Morgan fingerprint density at radius 2 is 2.00 bits per heavy atom. The van der Waals surface area contributed by atoms with E-state index in [0.717, 1.165) is 11.3 Å². The molecule has 0 saturated carbocycles. The summed E-state index contributed by atoms with van der Waals surface area (Å²) < 4.78 is 7.18. The van der Waals surface area contributed by atoms with Gasteiger partial charge in [0.25, 0.3) is 0 Å². The van der Waals surface area contributed by atoms with Crippen LogP contribution in [0.2, 0.25) is 5.02 Å². The van der Waals surface area contributed by atoms with Crippen molar-refractivity contribution in [3.05, 3.63) is 65.4 Å². The number of thioether (sulfide) groups is 1. The van der Waals surface area contributed by atoms with Crippen LogP contribution in [0.15, 0.2) is 60.0 Å². The van der Waals surface area contributed by atoms with Crippen LogP contribution in [0.3, 0.4) is 0 Å². The summed E-state index contributed by atoms with van der Waals surface area (Å²) in [5.74, 6) is 0.806. The van der Waals surface area contributed by atoms with Crippen LogP contribution in [0.5, 0.6) is 5.75 Å². The van der Waals surface area contributed by atoms with Crippen LogP contribution in [-0.2, 0) is 4.79 Å². The predicted molar refractivity (Wildman–Crippen MR) is 107 cm³/mol. The third kappa shape index (κ3) is 4.61. The molecule has 0 aliphatic rings. The first-order valence-corrected chi connectivity index (χ1v) is 9.66. The number of nitrogens with zero attached hydrogens (tertiary/aromatic N) is 3. The fourth-order valence-corrected chi connectivity index (χ4v) is 3.67. The average Bonchev–Trinajstić information content (AvgIpc) is 3.15. The number of carbonyl (C=O) groups excluding carboxylic acids is 1. The van der Waals surface area contributed by atoms with Gasteiger partial charge in [-0.05, 0) is 30.7 Å². The van der Waals surface area contributed by atoms with Crippen LogP contribution in [0.4, 0.5) is 0 Å². The third-order valence-electron chi connectivity index (χ3n) is 3.94. The number of amides is 1. The normalized spacial score (nSPS) is 11.8. The molecule has 1 atom stereocenters. The van der Waals surface area contributed by atoms with Crippen molar-refractivity contribution in [3.63, 3.8) is 0 Å². The molecular formula is C19H19ClN4O2S. The molecule has 6 nitrogen and oxygen atoms in total. The zero-order chi connectivity index (χ0) is 19.2. The van der Waals surface area contributed by atoms with Gasteiger partial charge in [0.2, 0.25) is 5.91 Å². The summed E-state index contributed by atoms with van der Waals surface area (Å²) in [6, 6.07) is 14.9. The van der Waals surface area contributed by atoms with Crippen molar-refractivity contribution in [1.29, 1.82) is 0 Å². The lowest BCUT2D eigenvalue weighted by molar-refractivity contribution is -0.119. The standard InChI is InChI=1S/C19H19ClN4O2S/c1-13(14-7-3-4-8-15(14)20)22-18(25)11-27-19-23-21-12-24(19)16-9-5-6-10-17(16)26-2/h3-10,12-13H,11H2,1-2H3,(H,22,25)/t13-/m1/s1. The van der Waals surface area contributed by atoms with Crippen molar-refractivity contribution in [2.45, 2.75) is 18.1 Å².